The number of fused-ring (bicyclic) bond motifs is 1. The normalized spacial score (nSPS) is 22.5. The molecule has 1 aliphatic heterocycles. The van der Waals surface area contributed by atoms with E-state index in [0.29, 0.717) is 11.1 Å². The van der Waals surface area contributed by atoms with Crippen LogP contribution in [0, 0.1) is 5.92 Å². The van der Waals surface area contributed by atoms with Gasteiger partial charge in [-0.05, 0) is 58.1 Å². The van der Waals surface area contributed by atoms with Crippen LogP contribution in [0.2, 0.25) is 0 Å². The largest absolute Gasteiger partial charge is 0.444 e. The Kier molecular flexibility index (Phi) is 5.00. The Morgan fingerprint density at radius 3 is 2.35 bits per heavy atom. The molecule has 2 aliphatic rings. The average molecular weight is 360 g/mol. The lowest BCUT2D eigenvalue weighted by Crippen LogP contribution is -2.38. The third-order valence-corrected chi connectivity index (χ3v) is 4.46. The Morgan fingerprint density at radius 1 is 1.15 bits per heavy atom. The first kappa shape index (κ1) is 18.4. The van der Waals surface area contributed by atoms with E-state index in [-0.39, 0.29) is 18.6 Å². The first-order valence-electron chi connectivity index (χ1n) is 8.85. The van der Waals surface area contributed by atoms with E-state index in [4.69, 9.17) is 9.57 Å². The maximum absolute atomic E-state index is 12.3. The highest BCUT2D eigenvalue weighted by molar-refractivity contribution is 6.20. The van der Waals surface area contributed by atoms with Crippen molar-refractivity contribution in [2.75, 3.05) is 6.61 Å². The highest BCUT2D eigenvalue weighted by atomic mass is 16.7. The van der Waals surface area contributed by atoms with Crippen LogP contribution in [0.3, 0.4) is 0 Å². The van der Waals surface area contributed by atoms with Crippen molar-refractivity contribution < 1.29 is 24.0 Å². The summed E-state index contributed by atoms with van der Waals surface area (Å²) in [5, 5.41) is 3.71. The van der Waals surface area contributed by atoms with Crippen LogP contribution in [0.5, 0.6) is 0 Å². The van der Waals surface area contributed by atoms with Gasteiger partial charge in [0, 0.05) is 6.04 Å². The SMILES string of the molecule is CC(C)(C)OC(=O)N[C@H]1CC[C@@H](CON2C(=O)c3ccccc3C2=O)C1. The summed E-state index contributed by atoms with van der Waals surface area (Å²) in [6.07, 6.45) is 1.96. The van der Waals surface area contributed by atoms with Crippen molar-refractivity contribution in [3.63, 3.8) is 0 Å². The van der Waals surface area contributed by atoms with Crippen LogP contribution in [0.1, 0.15) is 60.7 Å². The van der Waals surface area contributed by atoms with Crippen molar-refractivity contribution in [2.24, 2.45) is 5.92 Å². The number of imide groups is 1. The van der Waals surface area contributed by atoms with Crippen LogP contribution in [-0.2, 0) is 9.57 Å². The van der Waals surface area contributed by atoms with Gasteiger partial charge in [0.15, 0.2) is 0 Å². The topological polar surface area (TPSA) is 84.9 Å². The minimum atomic E-state index is -0.531. The molecule has 0 bridgehead atoms. The summed E-state index contributed by atoms with van der Waals surface area (Å²) >= 11 is 0. The molecule has 1 heterocycles. The number of carbonyl (C=O) groups excluding carboxylic acids is 3. The zero-order valence-corrected chi connectivity index (χ0v) is 15.3. The first-order chi connectivity index (χ1) is 12.2. The molecule has 3 amide bonds. The number of nitrogens with one attached hydrogen (secondary N) is 1. The predicted octanol–water partition coefficient (Wildman–Crippen LogP) is 2.91. The number of alkyl carbamates (subject to hydrolysis) is 1. The Hall–Kier alpha value is -2.41. The van der Waals surface area contributed by atoms with Crippen molar-refractivity contribution in [3.8, 4) is 0 Å². The number of rotatable bonds is 4. The molecular formula is C19H24N2O5. The molecule has 1 aromatic rings. The predicted molar refractivity (Wildman–Crippen MR) is 93.4 cm³/mol. The number of amides is 3. The van der Waals surface area contributed by atoms with Gasteiger partial charge in [-0.2, -0.15) is 0 Å². The van der Waals surface area contributed by atoms with Crippen molar-refractivity contribution >= 4 is 17.9 Å². The standard InChI is InChI=1S/C19H24N2O5/c1-19(2,3)26-18(24)20-13-9-8-12(10-13)11-25-21-16(22)14-6-4-5-7-15(14)17(21)23/h4-7,12-13H,8-11H2,1-3H3,(H,20,24)/t12-,13+/m1/s1. The molecule has 26 heavy (non-hydrogen) atoms. The molecule has 0 unspecified atom stereocenters. The smallest absolute Gasteiger partial charge is 0.407 e. The molecule has 0 saturated heterocycles. The van der Waals surface area contributed by atoms with Crippen LogP contribution >= 0.6 is 0 Å². The Labute approximate surface area is 152 Å². The summed E-state index contributed by atoms with van der Waals surface area (Å²) in [6, 6.07) is 6.69. The van der Waals surface area contributed by atoms with Gasteiger partial charge >= 0.3 is 6.09 Å². The zero-order valence-electron chi connectivity index (χ0n) is 15.3. The highest BCUT2D eigenvalue weighted by Crippen LogP contribution is 2.28. The summed E-state index contributed by atoms with van der Waals surface area (Å²) in [5.74, 6) is -0.682. The van der Waals surface area contributed by atoms with E-state index in [9.17, 15) is 14.4 Å². The lowest BCUT2D eigenvalue weighted by Gasteiger charge is -2.22. The molecule has 1 fully saturated rings. The highest BCUT2D eigenvalue weighted by Gasteiger charge is 2.37. The van der Waals surface area contributed by atoms with Gasteiger partial charge in [-0.15, -0.1) is 5.06 Å². The minimum absolute atomic E-state index is 0.0145. The summed E-state index contributed by atoms with van der Waals surface area (Å²) < 4.78 is 5.26. The fourth-order valence-corrected chi connectivity index (χ4v) is 3.30. The van der Waals surface area contributed by atoms with E-state index >= 15 is 0 Å². The second kappa shape index (κ2) is 7.07. The third kappa shape index (κ3) is 4.04. The van der Waals surface area contributed by atoms with E-state index in [0.717, 1.165) is 24.3 Å². The molecule has 7 heteroatoms. The Morgan fingerprint density at radius 2 is 1.77 bits per heavy atom. The summed E-state index contributed by atoms with van der Waals surface area (Å²) in [5.41, 5.74) is 0.207. The van der Waals surface area contributed by atoms with E-state index in [1.54, 1.807) is 24.3 Å². The van der Waals surface area contributed by atoms with Crippen LogP contribution in [0.4, 0.5) is 4.79 Å². The van der Waals surface area contributed by atoms with Gasteiger partial charge < -0.3 is 10.1 Å². The molecule has 1 aliphatic carbocycles. The van der Waals surface area contributed by atoms with Gasteiger partial charge in [0.05, 0.1) is 17.7 Å². The first-order valence-corrected chi connectivity index (χ1v) is 8.85. The molecule has 3 rings (SSSR count). The van der Waals surface area contributed by atoms with Gasteiger partial charge in [0.1, 0.15) is 5.60 Å². The Balaban J connectivity index is 1.48. The maximum atomic E-state index is 12.3. The van der Waals surface area contributed by atoms with Gasteiger partial charge in [-0.3, -0.25) is 14.4 Å². The minimum Gasteiger partial charge on any atom is -0.444 e. The van der Waals surface area contributed by atoms with Gasteiger partial charge in [0.2, 0.25) is 0 Å². The number of ether oxygens (including phenoxy) is 1. The zero-order chi connectivity index (χ0) is 18.9. The van der Waals surface area contributed by atoms with Gasteiger partial charge in [-0.1, -0.05) is 12.1 Å². The van der Waals surface area contributed by atoms with Crippen molar-refractivity contribution in [1.82, 2.24) is 10.4 Å². The van der Waals surface area contributed by atoms with Crippen molar-refractivity contribution in [3.05, 3.63) is 35.4 Å². The fraction of sp³-hybridized carbons (Fsp3) is 0.526. The molecule has 0 spiro atoms. The number of hydroxylamine groups is 2. The lowest BCUT2D eigenvalue weighted by molar-refractivity contribution is -0.102. The summed E-state index contributed by atoms with van der Waals surface area (Å²) in [7, 11) is 0. The van der Waals surface area contributed by atoms with Crippen LogP contribution in [-0.4, -0.2) is 41.2 Å². The van der Waals surface area contributed by atoms with E-state index in [1.165, 1.54) is 0 Å². The van der Waals surface area contributed by atoms with Crippen LogP contribution in [0.25, 0.3) is 0 Å². The van der Waals surface area contributed by atoms with Crippen molar-refractivity contribution in [1.29, 1.82) is 0 Å². The molecule has 2 atom stereocenters. The number of carbonyl (C=O) groups is 3. The second-order valence-corrected chi connectivity index (χ2v) is 7.77. The Bertz CT molecular complexity index is 690. The number of benzene rings is 1. The number of nitrogens with zero attached hydrogens (tertiary/aromatic N) is 1. The van der Waals surface area contributed by atoms with E-state index < -0.39 is 23.5 Å². The fourth-order valence-electron chi connectivity index (χ4n) is 3.30. The number of hydrogen-bond acceptors (Lipinski definition) is 5. The molecule has 140 valence electrons. The van der Waals surface area contributed by atoms with Crippen LogP contribution in [0.15, 0.2) is 24.3 Å². The van der Waals surface area contributed by atoms with Crippen molar-refractivity contribution in [2.45, 2.75) is 51.7 Å². The van der Waals surface area contributed by atoms with Gasteiger partial charge in [0.25, 0.3) is 11.8 Å². The average Bonchev–Trinajstić information content (AvgIpc) is 3.08. The van der Waals surface area contributed by atoms with E-state index in [2.05, 4.69) is 5.32 Å². The van der Waals surface area contributed by atoms with Crippen LogP contribution < -0.4 is 5.32 Å². The van der Waals surface area contributed by atoms with Gasteiger partial charge in [-0.25, -0.2) is 4.79 Å². The molecule has 0 radical (unpaired) electrons. The molecule has 1 aromatic carbocycles. The third-order valence-electron chi connectivity index (χ3n) is 4.46. The monoisotopic (exact) mass is 360 g/mol. The maximum Gasteiger partial charge on any atom is 0.407 e. The second-order valence-electron chi connectivity index (χ2n) is 7.77. The summed E-state index contributed by atoms with van der Waals surface area (Å²) in [6.45, 7) is 5.72. The molecule has 7 nitrogen and oxygen atoms in total. The molecular weight excluding hydrogens is 336 g/mol. The lowest BCUT2D eigenvalue weighted by atomic mass is 10.1. The number of hydrogen-bond donors (Lipinski definition) is 1. The quantitative estimate of drug-likeness (QED) is 0.835. The molecule has 1 saturated carbocycles. The van der Waals surface area contributed by atoms with E-state index in [1.807, 2.05) is 20.8 Å². The molecule has 1 N–H and O–H groups in total. The summed E-state index contributed by atoms with van der Waals surface area (Å²) in [4.78, 5) is 41.9. The molecule has 0 aromatic heterocycles.